The zero-order chi connectivity index (χ0) is 19.8. The Hall–Kier alpha value is -2.86. The first-order valence-corrected chi connectivity index (χ1v) is 8.84. The number of amides is 2. The summed E-state index contributed by atoms with van der Waals surface area (Å²) < 4.78 is 5.10. The molecule has 0 spiro atoms. The van der Waals surface area contributed by atoms with Crippen molar-refractivity contribution in [2.24, 2.45) is 0 Å². The molecule has 0 aliphatic carbocycles. The second-order valence-corrected chi connectivity index (χ2v) is 6.44. The first-order chi connectivity index (χ1) is 12.8. The van der Waals surface area contributed by atoms with Gasteiger partial charge in [-0.1, -0.05) is 23.7 Å². The molecule has 0 aromatic heterocycles. The van der Waals surface area contributed by atoms with Gasteiger partial charge in [-0.3, -0.25) is 14.4 Å². The van der Waals surface area contributed by atoms with E-state index in [9.17, 15) is 14.4 Å². The number of halogens is 1. The number of carbonyl (C=O) groups excluding carboxylic acids is 3. The summed E-state index contributed by atoms with van der Waals surface area (Å²) in [4.78, 5) is 35.9. The molecule has 142 valence electrons. The monoisotopic (exact) mass is 388 g/mol. The predicted octanol–water partition coefficient (Wildman–Crippen LogP) is 3.34. The van der Waals surface area contributed by atoms with Gasteiger partial charge in [0.2, 0.25) is 0 Å². The van der Waals surface area contributed by atoms with Crippen molar-refractivity contribution in [1.82, 2.24) is 5.32 Å². The number of rotatable bonds is 7. The van der Waals surface area contributed by atoms with E-state index in [1.165, 1.54) is 6.92 Å². The molecule has 0 saturated carbocycles. The molecule has 0 fully saturated rings. The lowest BCUT2D eigenvalue weighted by atomic mass is 10.2. The van der Waals surface area contributed by atoms with Crippen LogP contribution in [0.4, 0.5) is 5.69 Å². The third kappa shape index (κ3) is 6.75. The minimum atomic E-state index is -0.940. The van der Waals surface area contributed by atoms with Crippen LogP contribution in [0.5, 0.6) is 0 Å². The lowest BCUT2D eigenvalue weighted by molar-refractivity contribution is -0.153. The highest BCUT2D eigenvalue weighted by Gasteiger charge is 2.18. The number of benzene rings is 2. The van der Waals surface area contributed by atoms with E-state index in [4.69, 9.17) is 16.3 Å². The van der Waals surface area contributed by atoms with E-state index in [1.54, 1.807) is 30.3 Å². The number of esters is 1. The summed E-state index contributed by atoms with van der Waals surface area (Å²) in [6, 6.07) is 13.7. The van der Waals surface area contributed by atoms with Gasteiger partial charge in [0.05, 0.1) is 6.42 Å². The van der Waals surface area contributed by atoms with Gasteiger partial charge in [-0.25, -0.2) is 0 Å². The molecular weight excluding hydrogens is 368 g/mol. The van der Waals surface area contributed by atoms with Crippen molar-refractivity contribution < 1.29 is 19.1 Å². The largest absolute Gasteiger partial charge is 0.452 e. The van der Waals surface area contributed by atoms with Crippen molar-refractivity contribution in [2.75, 3.05) is 11.9 Å². The fraction of sp³-hybridized carbons (Fsp3) is 0.250. The highest BCUT2D eigenvalue weighted by Crippen LogP contribution is 2.11. The van der Waals surface area contributed by atoms with Crippen LogP contribution in [0, 0.1) is 6.92 Å². The fourth-order valence-corrected chi connectivity index (χ4v) is 2.38. The second kappa shape index (κ2) is 9.73. The summed E-state index contributed by atoms with van der Waals surface area (Å²) in [7, 11) is 0. The summed E-state index contributed by atoms with van der Waals surface area (Å²) in [5.41, 5.74) is 2.09. The Balaban J connectivity index is 1.73. The van der Waals surface area contributed by atoms with E-state index in [2.05, 4.69) is 10.6 Å². The zero-order valence-electron chi connectivity index (χ0n) is 15.1. The van der Waals surface area contributed by atoms with Gasteiger partial charge in [-0.2, -0.15) is 0 Å². The number of ether oxygens (including phenoxy) is 1. The van der Waals surface area contributed by atoms with Crippen molar-refractivity contribution in [3.05, 3.63) is 64.7 Å². The molecular formula is C20H21ClN2O4. The van der Waals surface area contributed by atoms with E-state index in [1.807, 2.05) is 25.1 Å². The molecule has 27 heavy (non-hydrogen) atoms. The summed E-state index contributed by atoms with van der Waals surface area (Å²) in [6.45, 7) is 3.51. The molecule has 0 bridgehead atoms. The maximum atomic E-state index is 12.1. The third-order valence-corrected chi connectivity index (χ3v) is 3.94. The highest BCUT2D eigenvalue weighted by molar-refractivity contribution is 6.30. The highest BCUT2D eigenvalue weighted by atomic mass is 35.5. The molecule has 0 heterocycles. The van der Waals surface area contributed by atoms with Crippen molar-refractivity contribution in [3.63, 3.8) is 0 Å². The number of nitrogens with one attached hydrogen (secondary N) is 2. The van der Waals surface area contributed by atoms with Crippen molar-refractivity contribution in [1.29, 1.82) is 0 Å². The normalized spacial score (nSPS) is 11.4. The summed E-state index contributed by atoms with van der Waals surface area (Å²) >= 11 is 5.77. The second-order valence-electron chi connectivity index (χ2n) is 6.00. The van der Waals surface area contributed by atoms with E-state index in [-0.39, 0.29) is 18.9 Å². The minimum absolute atomic E-state index is 0.0403. The summed E-state index contributed by atoms with van der Waals surface area (Å²) in [6.07, 6.45) is -0.980. The number of hydrogen-bond acceptors (Lipinski definition) is 4. The van der Waals surface area contributed by atoms with Gasteiger partial charge in [0.15, 0.2) is 6.10 Å². The first kappa shape index (κ1) is 20.5. The van der Waals surface area contributed by atoms with Crippen LogP contribution in [-0.4, -0.2) is 30.4 Å². The van der Waals surface area contributed by atoms with Gasteiger partial charge in [0, 0.05) is 22.8 Å². The summed E-state index contributed by atoms with van der Waals surface area (Å²) in [5.74, 6) is -1.30. The van der Waals surface area contributed by atoms with Crippen LogP contribution in [0.25, 0.3) is 0 Å². The van der Waals surface area contributed by atoms with E-state index < -0.39 is 18.0 Å². The van der Waals surface area contributed by atoms with Crippen LogP contribution < -0.4 is 10.6 Å². The molecule has 0 radical (unpaired) electrons. The van der Waals surface area contributed by atoms with Gasteiger partial charge in [-0.15, -0.1) is 0 Å². The minimum Gasteiger partial charge on any atom is -0.452 e. The van der Waals surface area contributed by atoms with E-state index in [0.29, 0.717) is 16.3 Å². The van der Waals surface area contributed by atoms with Crippen LogP contribution in [0.3, 0.4) is 0 Å². The first-order valence-electron chi connectivity index (χ1n) is 8.46. The maximum absolute atomic E-state index is 12.1. The SMILES string of the molecule is Cc1cccc(NC(=O)C(C)OC(=O)CCNC(=O)c2ccc(Cl)cc2)c1. The van der Waals surface area contributed by atoms with Crippen LogP contribution in [0.2, 0.25) is 5.02 Å². The summed E-state index contributed by atoms with van der Waals surface area (Å²) in [5, 5.41) is 5.84. The van der Waals surface area contributed by atoms with Crippen molar-refractivity contribution in [3.8, 4) is 0 Å². The Labute approximate surface area is 162 Å². The molecule has 7 heteroatoms. The standard InChI is InChI=1S/C20H21ClN2O4/c1-13-4-3-5-17(12-13)23-19(25)14(2)27-18(24)10-11-22-20(26)15-6-8-16(21)9-7-15/h3-9,12,14H,10-11H2,1-2H3,(H,22,26)(H,23,25). The van der Waals surface area contributed by atoms with E-state index in [0.717, 1.165) is 5.56 Å². The Kier molecular flexibility index (Phi) is 7.37. The third-order valence-electron chi connectivity index (χ3n) is 3.68. The molecule has 2 aromatic carbocycles. The predicted molar refractivity (Wildman–Crippen MR) is 104 cm³/mol. The topological polar surface area (TPSA) is 84.5 Å². The molecule has 2 N–H and O–H groups in total. The van der Waals surface area contributed by atoms with Crippen LogP contribution in [0.15, 0.2) is 48.5 Å². The fourth-order valence-electron chi connectivity index (χ4n) is 2.26. The van der Waals surface area contributed by atoms with Gasteiger partial charge in [-0.05, 0) is 55.8 Å². The number of aryl methyl sites for hydroxylation is 1. The van der Waals surface area contributed by atoms with Gasteiger partial charge in [0.1, 0.15) is 0 Å². The Morgan fingerprint density at radius 3 is 2.48 bits per heavy atom. The lowest BCUT2D eigenvalue weighted by Gasteiger charge is -2.14. The molecule has 1 atom stereocenters. The van der Waals surface area contributed by atoms with Crippen molar-refractivity contribution >= 4 is 35.1 Å². The average molecular weight is 389 g/mol. The molecule has 2 amide bonds. The molecule has 0 aliphatic heterocycles. The molecule has 0 saturated heterocycles. The number of anilines is 1. The zero-order valence-corrected chi connectivity index (χ0v) is 15.9. The van der Waals surface area contributed by atoms with Gasteiger partial charge >= 0.3 is 5.97 Å². The van der Waals surface area contributed by atoms with Gasteiger partial charge in [0.25, 0.3) is 11.8 Å². The Morgan fingerprint density at radius 2 is 1.81 bits per heavy atom. The molecule has 2 aromatic rings. The molecule has 2 rings (SSSR count). The Morgan fingerprint density at radius 1 is 1.11 bits per heavy atom. The van der Waals surface area contributed by atoms with E-state index >= 15 is 0 Å². The van der Waals surface area contributed by atoms with Gasteiger partial charge < -0.3 is 15.4 Å². The smallest absolute Gasteiger partial charge is 0.308 e. The molecule has 6 nitrogen and oxygen atoms in total. The maximum Gasteiger partial charge on any atom is 0.308 e. The quantitative estimate of drug-likeness (QED) is 0.712. The molecule has 0 aliphatic rings. The number of hydrogen-bond donors (Lipinski definition) is 2. The Bertz CT molecular complexity index is 821. The van der Waals surface area contributed by atoms with Crippen LogP contribution in [0.1, 0.15) is 29.3 Å². The molecule has 1 unspecified atom stereocenters. The van der Waals surface area contributed by atoms with Crippen molar-refractivity contribution in [2.45, 2.75) is 26.4 Å². The number of carbonyl (C=O) groups is 3. The van der Waals surface area contributed by atoms with Crippen LogP contribution >= 0.6 is 11.6 Å². The average Bonchev–Trinajstić information content (AvgIpc) is 2.62. The van der Waals surface area contributed by atoms with Crippen LogP contribution in [-0.2, 0) is 14.3 Å². The lowest BCUT2D eigenvalue weighted by Crippen LogP contribution is -2.32.